The van der Waals surface area contributed by atoms with Crippen molar-refractivity contribution in [3.63, 3.8) is 0 Å². The van der Waals surface area contributed by atoms with Crippen molar-refractivity contribution in [2.75, 3.05) is 5.32 Å². The standard InChI is InChI=1S/C15H14ClF2NO2/c1-9-3-2-4-10(14(9)20)8-19-11-5-6-13(12(16)7-11)21-15(17)18/h2-7,15,19-20H,8H2,1H3. The van der Waals surface area contributed by atoms with E-state index in [0.717, 1.165) is 11.1 Å². The first-order valence-corrected chi connectivity index (χ1v) is 6.61. The van der Waals surface area contributed by atoms with Crippen LogP contribution < -0.4 is 10.1 Å². The minimum Gasteiger partial charge on any atom is -0.507 e. The molecule has 21 heavy (non-hydrogen) atoms. The average molecular weight is 314 g/mol. The zero-order chi connectivity index (χ0) is 15.4. The van der Waals surface area contributed by atoms with Crippen LogP contribution in [0.25, 0.3) is 0 Å². The van der Waals surface area contributed by atoms with Crippen molar-refractivity contribution in [2.45, 2.75) is 20.1 Å². The van der Waals surface area contributed by atoms with Gasteiger partial charge in [-0.15, -0.1) is 0 Å². The fourth-order valence-electron chi connectivity index (χ4n) is 1.86. The predicted molar refractivity (Wildman–Crippen MR) is 78.3 cm³/mol. The highest BCUT2D eigenvalue weighted by Crippen LogP contribution is 2.29. The van der Waals surface area contributed by atoms with Crippen molar-refractivity contribution in [1.82, 2.24) is 0 Å². The molecule has 112 valence electrons. The summed E-state index contributed by atoms with van der Waals surface area (Å²) in [4.78, 5) is 0. The molecule has 2 N–H and O–H groups in total. The molecule has 0 atom stereocenters. The van der Waals surface area contributed by atoms with Crippen molar-refractivity contribution >= 4 is 17.3 Å². The minimum absolute atomic E-state index is 0.0735. The molecule has 2 aromatic rings. The number of aryl methyl sites for hydroxylation is 1. The Balaban J connectivity index is 2.07. The van der Waals surface area contributed by atoms with Crippen molar-refractivity contribution in [3.05, 3.63) is 52.5 Å². The number of phenolic OH excluding ortho intramolecular Hbond substituents is 1. The van der Waals surface area contributed by atoms with E-state index in [0.29, 0.717) is 12.2 Å². The number of rotatable bonds is 5. The van der Waals surface area contributed by atoms with E-state index in [1.165, 1.54) is 12.1 Å². The van der Waals surface area contributed by atoms with Gasteiger partial charge in [-0.3, -0.25) is 0 Å². The third-order valence-electron chi connectivity index (χ3n) is 2.95. The normalized spacial score (nSPS) is 10.7. The van der Waals surface area contributed by atoms with E-state index in [1.807, 2.05) is 19.1 Å². The first-order valence-electron chi connectivity index (χ1n) is 6.23. The molecule has 0 aliphatic heterocycles. The number of benzene rings is 2. The van der Waals surface area contributed by atoms with Crippen LogP contribution in [0.15, 0.2) is 36.4 Å². The summed E-state index contributed by atoms with van der Waals surface area (Å²) in [5.41, 5.74) is 2.16. The number of aromatic hydroxyl groups is 1. The predicted octanol–water partition coefficient (Wildman–Crippen LogP) is 4.57. The van der Waals surface area contributed by atoms with Gasteiger partial charge in [0.2, 0.25) is 0 Å². The van der Waals surface area contributed by atoms with E-state index < -0.39 is 6.61 Å². The molecule has 0 saturated carbocycles. The topological polar surface area (TPSA) is 41.5 Å². The van der Waals surface area contributed by atoms with Gasteiger partial charge in [0.25, 0.3) is 0 Å². The second-order valence-corrected chi connectivity index (χ2v) is 4.87. The van der Waals surface area contributed by atoms with Crippen molar-refractivity contribution in [2.24, 2.45) is 0 Å². The Hall–Kier alpha value is -2.01. The van der Waals surface area contributed by atoms with Crippen molar-refractivity contribution < 1.29 is 18.6 Å². The smallest absolute Gasteiger partial charge is 0.387 e. The number of halogens is 3. The lowest BCUT2D eigenvalue weighted by Crippen LogP contribution is -2.03. The zero-order valence-electron chi connectivity index (χ0n) is 11.2. The molecule has 0 saturated heterocycles. The SMILES string of the molecule is Cc1cccc(CNc2ccc(OC(F)F)c(Cl)c2)c1O. The lowest BCUT2D eigenvalue weighted by molar-refractivity contribution is -0.0497. The molecule has 0 unspecified atom stereocenters. The number of hydrogen-bond donors (Lipinski definition) is 2. The molecule has 0 fully saturated rings. The summed E-state index contributed by atoms with van der Waals surface area (Å²) >= 11 is 5.86. The van der Waals surface area contributed by atoms with Crippen molar-refractivity contribution in [3.8, 4) is 11.5 Å². The molecular formula is C15H14ClF2NO2. The van der Waals surface area contributed by atoms with Gasteiger partial charge in [-0.1, -0.05) is 29.8 Å². The molecule has 6 heteroatoms. The maximum atomic E-state index is 12.1. The first kappa shape index (κ1) is 15.4. The third-order valence-corrected chi connectivity index (χ3v) is 3.25. The van der Waals surface area contributed by atoms with Gasteiger partial charge in [0.1, 0.15) is 11.5 Å². The van der Waals surface area contributed by atoms with Crippen LogP contribution in [0.1, 0.15) is 11.1 Å². The molecular weight excluding hydrogens is 300 g/mol. The number of nitrogens with one attached hydrogen (secondary N) is 1. The minimum atomic E-state index is -2.91. The van der Waals surface area contributed by atoms with Crippen LogP contribution in [0, 0.1) is 6.92 Å². The molecule has 2 aromatic carbocycles. The highest BCUT2D eigenvalue weighted by molar-refractivity contribution is 6.32. The monoisotopic (exact) mass is 313 g/mol. The Bertz CT molecular complexity index is 635. The van der Waals surface area contributed by atoms with Gasteiger partial charge in [0, 0.05) is 17.8 Å². The van der Waals surface area contributed by atoms with Crippen LogP contribution in [-0.4, -0.2) is 11.7 Å². The van der Waals surface area contributed by atoms with Crippen molar-refractivity contribution in [1.29, 1.82) is 0 Å². The number of para-hydroxylation sites is 1. The summed E-state index contributed by atoms with van der Waals surface area (Å²) in [5, 5.41) is 13.1. The molecule has 0 bridgehead atoms. The van der Waals surface area contributed by atoms with E-state index in [2.05, 4.69) is 10.1 Å². The lowest BCUT2D eigenvalue weighted by Gasteiger charge is -2.12. The van der Waals surface area contributed by atoms with Crippen LogP contribution in [-0.2, 0) is 6.54 Å². The fraction of sp³-hybridized carbons (Fsp3) is 0.200. The molecule has 0 aliphatic carbocycles. The summed E-state index contributed by atoms with van der Waals surface area (Å²) in [6.07, 6.45) is 0. The van der Waals surface area contributed by atoms with Gasteiger partial charge in [-0.25, -0.2) is 0 Å². The highest BCUT2D eigenvalue weighted by atomic mass is 35.5. The number of ether oxygens (including phenoxy) is 1. The number of phenols is 1. The molecule has 2 rings (SSSR count). The molecule has 3 nitrogen and oxygen atoms in total. The zero-order valence-corrected chi connectivity index (χ0v) is 12.0. The van der Waals surface area contributed by atoms with Gasteiger partial charge in [0.05, 0.1) is 5.02 Å². The van der Waals surface area contributed by atoms with Gasteiger partial charge in [-0.05, 0) is 30.7 Å². The summed E-state index contributed by atoms with van der Waals surface area (Å²) < 4.78 is 28.5. The quantitative estimate of drug-likeness (QED) is 0.849. The third kappa shape index (κ3) is 3.98. The van der Waals surface area contributed by atoms with E-state index in [-0.39, 0.29) is 16.5 Å². The maximum absolute atomic E-state index is 12.1. The largest absolute Gasteiger partial charge is 0.507 e. The van der Waals surface area contributed by atoms with Gasteiger partial charge < -0.3 is 15.2 Å². The molecule has 0 spiro atoms. The number of anilines is 1. The van der Waals surface area contributed by atoms with E-state index >= 15 is 0 Å². The van der Waals surface area contributed by atoms with Gasteiger partial charge in [0.15, 0.2) is 0 Å². The van der Waals surface area contributed by atoms with Crippen LogP contribution >= 0.6 is 11.6 Å². The summed E-state index contributed by atoms with van der Waals surface area (Å²) in [6.45, 7) is -0.712. The maximum Gasteiger partial charge on any atom is 0.387 e. The van der Waals surface area contributed by atoms with Gasteiger partial charge in [-0.2, -0.15) is 8.78 Å². The molecule has 0 aromatic heterocycles. The van der Waals surface area contributed by atoms with Gasteiger partial charge >= 0.3 is 6.61 Å². The van der Waals surface area contributed by atoms with Crippen LogP contribution in [0.3, 0.4) is 0 Å². The second kappa shape index (κ2) is 6.63. The second-order valence-electron chi connectivity index (χ2n) is 4.46. The van der Waals surface area contributed by atoms with E-state index in [1.54, 1.807) is 12.1 Å². The van der Waals surface area contributed by atoms with E-state index in [9.17, 15) is 13.9 Å². The number of hydrogen-bond acceptors (Lipinski definition) is 3. The summed E-state index contributed by atoms with van der Waals surface area (Å²) in [5.74, 6) is 0.157. The molecule has 0 aliphatic rings. The summed E-state index contributed by atoms with van der Waals surface area (Å²) in [7, 11) is 0. The summed E-state index contributed by atoms with van der Waals surface area (Å²) in [6, 6.07) is 9.89. The Morgan fingerprint density at radius 1 is 1.29 bits per heavy atom. The van der Waals surface area contributed by atoms with Crippen LogP contribution in [0.2, 0.25) is 5.02 Å². The Kier molecular flexibility index (Phi) is 4.85. The number of alkyl halides is 2. The highest BCUT2D eigenvalue weighted by Gasteiger charge is 2.09. The molecule has 0 amide bonds. The Morgan fingerprint density at radius 2 is 2.05 bits per heavy atom. The average Bonchev–Trinajstić information content (AvgIpc) is 2.43. The van der Waals surface area contributed by atoms with Crippen LogP contribution in [0.5, 0.6) is 11.5 Å². The van der Waals surface area contributed by atoms with E-state index in [4.69, 9.17) is 11.6 Å². The molecule has 0 heterocycles. The Labute approximate surface area is 126 Å². The lowest BCUT2D eigenvalue weighted by atomic mass is 10.1. The van der Waals surface area contributed by atoms with Crippen LogP contribution in [0.4, 0.5) is 14.5 Å². The Morgan fingerprint density at radius 3 is 2.71 bits per heavy atom. The molecule has 0 radical (unpaired) electrons. The first-order chi connectivity index (χ1) is 9.97. The fourth-order valence-corrected chi connectivity index (χ4v) is 2.09.